The van der Waals surface area contributed by atoms with E-state index in [4.69, 9.17) is 0 Å². The van der Waals surface area contributed by atoms with E-state index in [-0.39, 0.29) is 24.6 Å². The summed E-state index contributed by atoms with van der Waals surface area (Å²) in [5.74, 6) is -1.74. The van der Waals surface area contributed by atoms with Gasteiger partial charge in [-0.2, -0.15) is 0 Å². The second-order valence-corrected chi connectivity index (χ2v) is 7.99. The van der Waals surface area contributed by atoms with Gasteiger partial charge < -0.3 is 10.4 Å². The number of aromatic nitrogens is 2. The largest absolute Gasteiger partial charge is 0.501 e. The fourth-order valence-electron chi connectivity index (χ4n) is 3.85. The number of rotatable bonds is 7. The van der Waals surface area contributed by atoms with Crippen molar-refractivity contribution in [2.24, 2.45) is 0 Å². The first kappa shape index (κ1) is 21.7. The SMILES string of the molecule is O=C(NCc1ccc(F)cc1)c1ncn(Cc2cccc(CN3CCCC3)c2)c(=O)c1O. The van der Waals surface area contributed by atoms with Gasteiger partial charge in [0.15, 0.2) is 5.69 Å². The minimum Gasteiger partial charge on any atom is -0.501 e. The van der Waals surface area contributed by atoms with Crippen molar-refractivity contribution >= 4 is 5.91 Å². The number of likely N-dealkylation sites (tertiary alicyclic amines) is 1. The molecule has 32 heavy (non-hydrogen) atoms. The summed E-state index contributed by atoms with van der Waals surface area (Å²) in [6.07, 6.45) is 3.72. The fourth-order valence-corrected chi connectivity index (χ4v) is 3.85. The lowest BCUT2D eigenvalue weighted by Gasteiger charge is -2.15. The molecule has 2 N–H and O–H groups in total. The topological polar surface area (TPSA) is 87.5 Å². The molecule has 8 heteroatoms. The Balaban J connectivity index is 1.43. The third-order valence-electron chi connectivity index (χ3n) is 5.54. The number of amides is 1. The standard InChI is InChI=1S/C24H25FN4O3/c25-20-8-6-17(7-9-20)13-26-23(31)21-22(30)24(32)29(16-27-21)15-19-5-3-4-18(12-19)14-28-10-1-2-11-28/h3-9,12,16,30H,1-2,10-11,13-15H2,(H,26,31). The molecular weight excluding hydrogens is 411 g/mol. The molecule has 0 unspecified atom stereocenters. The number of hydrogen-bond donors (Lipinski definition) is 2. The van der Waals surface area contributed by atoms with Gasteiger partial charge in [-0.15, -0.1) is 0 Å². The van der Waals surface area contributed by atoms with Crippen LogP contribution in [-0.4, -0.2) is 38.6 Å². The number of benzene rings is 2. The van der Waals surface area contributed by atoms with E-state index in [0.717, 1.165) is 25.2 Å². The number of hydrogen-bond acceptors (Lipinski definition) is 5. The Hall–Kier alpha value is -3.52. The average molecular weight is 436 g/mol. The van der Waals surface area contributed by atoms with Crippen LogP contribution in [0.5, 0.6) is 5.75 Å². The quantitative estimate of drug-likeness (QED) is 0.595. The molecule has 4 rings (SSSR count). The van der Waals surface area contributed by atoms with Crippen molar-refractivity contribution in [1.29, 1.82) is 0 Å². The molecule has 2 aromatic carbocycles. The first-order valence-corrected chi connectivity index (χ1v) is 10.6. The van der Waals surface area contributed by atoms with E-state index in [1.54, 1.807) is 12.1 Å². The summed E-state index contributed by atoms with van der Waals surface area (Å²) < 4.78 is 14.3. The lowest BCUT2D eigenvalue weighted by molar-refractivity contribution is 0.0942. The summed E-state index contributed by atoms with van der Waals surface area (Å²) in [6.45, 7) is 3.44. The van der Waals surface area contributed by atoms with E-state index >= 15 is 0 Å². The highest BCUT2D eigenvalue weighted by molar-refractivity contribution is 5.94. The lowest BCUT2D eigenvalue weighted by atomic mass is 10.1. The van der Waals surface area contributed by atoms with Crippen LogP contribution in [0.3, 0.4) is 0 Å². The lowest BCUT2D eigenvalue weighted by Crippen LogP contribution is -2.29. The maximum absolute atomic E-state index is 13.0. The first-order chi connectivity index (χ1) is 15.5. The van der Waals surface area contributed by atoms with Crippen LogP contribution in [0.1, 0.15) is 40.0 Å². The minimum absolute atomic E-state index is 0.118. The van der Waals surface area contributed by atoms with Crippen LogP contribution in [0.25, 0.3) is 0 Å². The zero-order valence-electron chi connectivity index (χ0n) is 17.6. The molecule has 2 heterocycles. The number of carbonyl (C=O) groups is 1. The second-order valence-electron chi connectivity index (χ2n) is 7.99. The van der Waals surface area contributed by atoms with Gasteiger partial charge in [0, 0.05) is 13.1 Å². The highest BCUT2D eigenvalue weighted by Gasteiger charge is 2.18. The van der Waals surface area contributed by atoms with Gasteiger partial charge in [0.05, 0.1) is 12.9 Å². The molecule has 1 amide bonds. The van der Waals surface area contributed by atoms with Gasteiger partial charge in [0.2, 0.25) is 5.75 Å². The summed E-state index contributed by atoms with van der Waals surface area (Å²) in [5.41, 5.74) is 1.75. The number of halogens is 1. The molecule has 1 saturated heterocycles. The molecule has 1 fully saturated rings. The third kappa shape index (κ3) is 5.20. The van der Waals surface area contributed by atoms with Gasteiger partial charge in [-0.05, 0) is 54.8 Å². The molecule has 1 aliphatic rings. The zero-order valence-corrected chi connectivity index (χ0v) is 17.6. The normalized spacial score (nSPS) is 13.9. The molecule has 0 spiro atoms. The third-order valence-corrected chi connectivity index (χ3v) is 5.54. The van der Waals surface area contributed by atoms with Crippen molar-refractivity contribution in [2.45, 2.75) is 32.5 Å². The summed E-state index contributed by atoms with van der Waals surface area (Å²) >= 11 is 0. The van der Waals surface area contributed by atoms with Gasteiger partial charge >= 0.3 is 0 Å². The van der Waals surface area contributed by atoms with Crippen molar-refractivity contribution in [1.82, 2.24) is 19.8 Å². The van der Waals surface area contributed by atoms with Crippen LogP contribution in [0.4, 0.5) is 4.39 Å². The van der Waals surface area contributed by atoms with E-state index < -0.39 is 17.2 Å². The Bertz CT molecular complexity index is 1150. The van der Waals surface area contributed by atoms with Crippen LogP contribution in [-0.2, 0) is 19.6 Å². The van der Waals surface area contributed by atoms with Crippen LogP contribution < -0.4 is 10.9 Å². The molecule has 1 aromatic heterocycles. The fraction of sp³-hybridized carbons (Fsp3) is 0.292. The second kappa shape index (κ2) is 9.74. The van der Waals surface area contributed by atoms with Crippen molar-refractivity contribution in [3.8, 4) is 5.75 Å². The summed E-state index contributed by atoms with van der Waals surface area (Å²) in [7, 11) is 0. The molecule has 0 atom stereocenters. The van der Waals surface area contributed by atoms with E-state index in [1.165, 1.54) is 41.4 Å². The highest BCUT2D eigenvalue weighted by Crippen LogP contribution is 2.15. The van der Waals surface area contributed by atoms with Gasteiger partial charge in [-0.1, -0.05) is 36.4 Å². The molecular formula is C24H25FN4O3. The average Bonchev–Trinajstić information content (AvgIpc) is 3.30. The van der Waals surface area contributed by atoms with E-state index in [1.807, 2.05) is 18.2 Å². The van der Waals surface area contributed by atoms with Gasteiger partial charge in [-0.25, -0.2) is 9.37 Å². The molecule has 1 aliphatic heterocycles. The molecule has 0 bridgehead atoms. The Morgan fingerprint density at radius 2 is 1.72 bits per heavy atom. The summed E-state index contributed by atoms with van der Waals surface area (Å²) in [4.78, 5) is 31.4. The van der Waals surface area contributed by atoms with Gasteiger partial charge in [-0.3, -0.25) is 19.1 Å². The van der Waals surface area contributed by atoms with Crippen molar-refractivity contribution in [2.75, 3.05) is 13.1 Å². The smallest absolute Gasteiger partial charge is 0.296 e. The number of nitrogens with zero attached hydrogens (tertiary/aromatic N) is 3. The molecule has 0 aliphatic carbocycles. The number of nitrogens with one attached hydrogen (secondary N) is 1. The Morgan fingerprint density at radius 1 is 1.03 bits per heavy atom. The molecule has 3 aromatic rings. The number of carbonyl (C=O) groups excluding carboxylic acids is 1. The molecule has 166 valence electrons. The van der Waals surface area contributed by atoms with E-state index in [0.29, 0.717) is 5.56 Å². The zero-order chi connectivity index (χ0) is 22.5. The van der Waals surface area contributed by atoms with Crippen LogP contribution in [0, 0.1) is 5.82 Å². The maximum atomic E-state index is 13.0. The Morgan fingerprint density at radius 3 is 2.44 bits per heavy atom. The van der Waals surface area contributed by atoms with Crippen molar-refractivity contribution in [3.63, 3.8) is 0 Å². The van der Waals surface area contributed by atoms with E-state index in [9.17, 15) is 19.1 Å². The minimum atomic E-state index is -0.697. The van der Waals surface area contributed by atoms with Crippen LogP contribution in [0.2, 0.25) is 0 Å². The first-order valence-electron chi connectivity index (χ1n) is 10.6. The predicted molar refractivity (Wildman–Crippen MR) is 118 cm³/mol. The van der Waals surface area contributed by atoms with Gasteiger partial charge in [0.1, 0.15) is 5.82 Å². The van der Waals surface area contributed by atoms with Crippen LogP contribution >= 0.6 is 0 Å². The van der Waals surface area contributed by atoms with Crippen LogP contribution in [0.15, 0.2) is 59.7 Å². The molecule has 7 nitrogen and oxygen atoms in total. The van der Waals surface area contributed by atoms with Gasteiger partial charge in [0.25, 0.3) is 11.5 Å². The highest BCUT2D eigenvalue weighted by atomic mass is 19.1. The number of aromatic hydroxyl groups is 1. The summed E-state index contributed by atoms with van der Waals surface area (Å²) in [6, 6.07) is 13.6. The van der Waals surface area contributed by atoms with Crippen molar-refractivity contribution < 1.29 is 14.3 Å². The predicted octanol–water partition coefficient (Wildman–Crippen LogP) is 2.66. The van der Waals surface area contributed by atoms with Crippen molar-refractivity contribution in [3.05, 3.63) is 93.4 Å². The maximum Gasteiger partial charge on any atom is 0.296 e. The van der Waals surface area contributed by atoms with E-state index in [2.05, 4.69) is 21.3 Å². The Labute approximate surface area is 185 Å². The summed E-state index contributed by atoms with van der Waals surface area (Å²) in [5, 5.41) is 12.9. The Kier molecular flexibility index (Phi) is 6.61. The molecule has 0 radical (unpaired) electrons. The molecule has 0 saturated carbocycles. The monoisotopic (exact) mass is 436 g/mol.